The first kappa shape index (κ1) is 21.8. The van der Waals surface area contributed by atoms with Gasteiger partial charge < -0.3 is 25.0 Å². The van der Waals surface area contributed by atoms with E-state index in [2.05, 4.69) is 5.32 Å². The predicted molar refractivity (Wildman–Crippen MR) is 117 cm³/mol. The highest BCUT2D eigenvalue weighted by Gasteiger charge is 2.35. The molecule has 2 N–H and O–H groups in total. The van der Waals surface area contributed by atoms with Crippen molar-refractivity contribution in [3.63, 3.8) is 0 Å². The molecule has 0 radical (unpaired) electrons. The van der Waals surface area contributed by atoms with E-state index in [1.807, 2.05) is 11.9 Å². The number of benzene rings is 1. The molecule has 0 spiro atoms. The van der Waals surface area contributed by atoms with Gasteiger partial charge in [-0.2, -0.15) is 0 Å². The molecule has 30 heavy (non-hydrogen) atoms. The fraction of sp³-hybridized carbons (Fsp3) is 0.500. The van der Waals surface area contributed by atoms with E-state index < -0.39 is 16.8 Å². The number of carbonyl (C=O) groups excluding carboxylic acids is 1. The van der Waals surface area contributed by atoms with E-state index in [1.54, 1.807) is 26.3 Å². The third-order valence-electron chi connectivity index (χ3n) is 6.14. The minimum atomic E-state index is -0.594. The molecule has 2 aromatic carbocycles. The van der Waals surface area contributed by atoms with E-state index in [0.29, 0.717) is 12.3 Å². The number of para-hydroxylation sites is 1. The van der Waals surface area contributed by atoms with Gasteiger partial charge in [0.05, 0.1) is 17.9 Å². The number of nitrogens with zero attached hydrogens (tertiary/aromatic N) is 2. The van der Waals surface area contributed by atoms with Crippen LogP contribution in [0.4, 0.5) is 17.1 Å². The van der Waals surface area contributed by atoms with Crippen LogP contribution >= 0.6 is 0 Å². The van der Waals surface area contributed by atoms with Gasteiger partial charge >= 0.3 is 0 Å². The van der Waals surface area contributed by atoms with E-state index in [9.17, 15) is 19.5 Å². The number of amides is 1. The molecule has 1 fully saturated rings. The smallest absolute Gasteiger partial charge is 0.254 e. The molecule has 1 aliphatic rings. The summed E-state index contributed by atoms with van der Waals surface area (Å²) in [5.74, 6) is -0.396. The monoisotopic (exact) mass is 415 g/mol. The molecular weight excluding hydrogens is 386 g/mol. The summed E-state index contributed by atoms with van der Waals surface area (Å²) in [6.45, 7) is 0.602. The zero-order chi connectivity index (χ0) is 22.0. The Labute approximate surface area is 175 Å². The predicted octanol–water partition coefficient (Wildman–Crippen LogP) is 1.76. The number of phenolic OH excluding ortho intramolecular Hbond substituents is 1. The molecule has 0 aromatic heterocycles. The Bertz CT molecular complexity index is 993. The summed E-state index contributed by atoms with van der Waals surface area (Å²) < 4.78 is 5.37. The lowest BCUT2D eigenvalue weighted by Gasteiger charge is -2.40. The maximum Gasteiger partial charge on any atom is 0.254 e. The molecule has 1 saturated carbocycles. The Balaban J connectivity index is 1.98. The molecule has 0 heterocycles. The molecule has 3 rings (SSSR count). The highest BCUT2D eigenvalue weighted by atomic mass is 16.5. The molecule has 2 atom stereocenters. The van der Waals surface area contributed by atoms with Crippen LogP contribution in [0.15, 0.2) is 27.8 Å². The van der Waals surface area contributed by atoms with Crippen molar-refractivity contribution in [2.24, 2.45) is 5.92 Å². The molecule has 1 amide bonds. The number of carbonyl (C=O) groups is 1. The third-order valence-corrected chi connectivity index (χ3v) is 6.14. The van der Waals surface area contributed by atoms with Crippen molar-refractivity contribution in [2.45, 2.75) is 31.7 Å². The van der Waals surface area contributed by atoms with E-state index in [0.717, 1.165) is 25.7 Å². The fourth-order valence-electron chi connectivity index (χ4n) is 4.52. The van der Waals surface area contributed by atoms with Crippen molar-refractivity contribution in [1.29, 1.82) is 0 Å². The van der Waals surface area contributed by atoms with Crippen LogP contribution in [0.2, 0.25) is 0 Å². The maximum atomic E-state index is 12.5. The van der Waals surface area contributed by atoms with Gasteiger partial charge in [-0.1, -0.05) is 18.9 Å². The van der Waals surface area contributed by atoms with Crippen LogP contribution < -0.4 is 26.0 Å². The van der Waals surface area contributed by atoms with Crippen molar-refractivity contribution in [1.82, 2.24) is 5.32 Å². The summed E-state index contributed by atoms with van der Waals surface area (Å²) in [7, 11) is 6.60. The first-order valence-corrected chi connectivity index (χ1v) is 10.2. The first-order valence-electron chi connectivity index (χ1n) is 10.2. The first-order chi connectivity index (χ1) is 14.3. The van der Waals surface area contributed by atoms with Crippen molar-refractivity contribution in [3.05, 3.63) is 44.2 Å². The number of nitrogens with one attached hydrogen (secondary N) is 1. The van der Waals surface area contributed by atoms with E-state index >= 15 is 0 Å². The number of phenols is 1. The number of anilines is 3. The highest BCUT2D eigenvalue weighted by molar-refractivity contribution is 5.99. The van der Waals surface area contributed by atoms with Crippen LogP contribution in [-0.4, -0.2) is 51.9 Å². The van der Waals surface area contributed by atoms with Gasteiger partial charge in [0.15, 0.2) is 5.75 Å². The number of hydrogen-bond donors (Lipinski definition) is 2. The number of ether oxygens (including phenoxy) is 1. The lowest BCUT2D eigenvalue weighted by atomic mass is 9.83. The fourth-order valence-corrected chi connectivity index (χ4v) is 4.52. The Morgan fingerprint density at radius 3 is 2.50 bits per heavy atom. The molecule has 162 valence electrons. The van der Waals surface area contributed by atoms with Gasteiger partial charge in [-0.05, 0) is 25.0 Å². The Morgan fingerprint density at radius 1 is 1.17 bits per heavy atom. The quantitative estimate of drug-likeness (QED) is 0.665. The maximum absolute atomic E-state index is 12.5. The average molecular weight is 415 g/mol. The Kier molecular flexibility index (Phi) is 6.45. The summed E-state index contributed by atoms with van der Waals surface area (Å²) in [5.41, 5.74) is -0.155. The lowest BCUT2D eigenvalue weighted by Crippen LogP contribution is -2.50. The second kappa shape index (κ2) is 8.87. The molecule has 0 unspecified atom stereocenters. The van der Waals surface area contributed by atoms with E-state index in [1.165, 1.54) is 18.0 Å². The molecule has 8 nitrogen and oxygen atoms in total. The number of hydrogen-bond acceptors (Lipinski definition) is 7. The number of rotatable bonds is 7. The van der Waals surface area contributed by atoms with E-state index in [-0.39, 0.29) is 34.6 Å². The molecule has 8 heteroatoms. The van der Waals surface area contributed by atoms with Gasteiger partial charge in [0.2, 0.25) is 0 Å². The summed E-state index contributed by atoms with van der Waals surface area (Å²) >= 11 is 0. The van der Waals surface area contributed by atoms with Gasteiger partial charge in [0.25, 0.3) is 16.8 Å². The molecule has 0 aliphatic heterocycles. The van der Waals surface area contributed by atoms with Crippen molar-refractivity contribution < 1.29 is 14.6 Å². The third kappa shape index (κ3) is 3.67. The van der Waals surface area contributed by atoms with Gasteiger partial charge in [-0.3, -0.25) is 14.4 Å². The van der Waals surface area contributed by atoms with Crippen LogP contribution in [0.1, 0.15) is 36.0 Å². The zero-order valence-corrected chi connectivity index (χ0v) is 17.9. The summed E-state index contributed by atoms with van der Waals surface area (Å²) in [5, 5.41) is 13.1. The van der Waals surface area contributed by atoms with Crippen LogP contribution in [-0.2, 0) is 4.74 Å². The zero-order valence-electron chi connectivity index (χ0n) is 17.9. The minimum absolute atomic E-state index is 0.0972. The molecule has 0 bridgehead atoms. The van der Waals surface area contributed by atoms with Crippen LogP contribution in [0, 0.1) is 5.92 Å². The summed E-state index contributed by atoms with van der Waals surface area (Å²) in [6.07, 6.45) is 4.12. The molecule has 2 aromatic rings. The van der Waals surface area contributed by atoms with Crippen molar-refractivity contribution in [2.75, 3.05) is 44.7 Å². The van der Waals surface area contributed by atoms with Crippen molar-refractivity contribution in [3.8, 4) is 5.75 Å². The Hall–Kier alpha value is -2.87. The average Bonchev–Trinajstić information content (AvgIpc) is 2.76. The number of methoxy groups -OCH3 is 1. The van der Waals surface area contributed by atoms with Gasteiger partial charge in [0, 0.05) is 40.2 Å². The van der Waals surface area contributed by atoms with Crippen LogP contribution in [0.25, 0.3) is 0 Å². The SMILES string of the molecule is CNC(=O)c1cccc(N(C)c2c(N(C)[C@H]3CCCC[C@@H]3COC)c(=O)c2=O)c1O. The van der Waals surface area contributed by atoms with Gasteiger partial charge in [-0.15, -0.1) is 0 Å². The van der Waals surface area contributed by atoms with Gasteiger partial charge in [-0.25, -0.2) is 0 Å². The highest BCUT2D eigenvalue weighted by Crippen LogP contribution is 2.39. The lowest BCUT2D eigenvalue weighted by molar-refractivity contribution is 0.0960. The molecular formula is C22H29N3O5. The topological polar surface area (TPSA) is 99.2 Å². The van der Waals surface area contributed by atoms with Crippen LogP contribution in [0.3, 0.4) is 0 Å². The number of aromatic hydroxyl groups is 1. The summed E-state index contributed by atoms with van der Waals surface area (Å²) in [4.78, 5) is 40.4. The standard InChI is InChI=1S/C22H29N3O5/c1-23-22(29)14-9-7-11-16(19(14)26)25(3)18-17(20(27)21(18)28)24(2)15-10-6-5-8-13(15)12-30-4/h7,9,11,13,15,26H,5-6,8,10,12H2,1-4H3,(H,23,29)/t13-,15+/m1/s1. The van der Waals surface area contributed by atoms with Crippen molar-refractivity contribution >= 4 is 23.0 Å². The molecule has 1 aliphatic carbocycles. The second-order valence-corrected chi connectivity index (χ2v) is 7.85. The normalized spacial score (nSPS) is 18.9. The summed E-state index contributed by atoms with van der Waals surface area (Å²) in [6, 6.07) is 4.83. The van der Waals surface area contributed by atoms with E-state index in [4.69, 9.17) is 4.74 Å². The Morgan fingerprint density at radius 2 is 1.83 bits per heavy atom. The minimum Gasteiger partial charge on any atom is -0.505 e. The molecule has 0 saturated heterocycles. The van der Waals surface area contributed by atoms with Gasteiger partial charge in [0.1, 0.15) is 11.4 Å². The van der Waals surface area contributed by atoms with Crippen LogP contribution in [0.5, 0.6) is 5.75 Å². The largest absolute Gasteiger partial charge is 0.505 e. The second-order valence-electron chi connectivity index (χ2n) is 7.85.